The van der Waals surface area contributed by atoms with Gasteiger partial charge in [-0.1, -0.05) is 27.2 Å². The molecule has 122 valence electrons. The molecule has 0 aromatic heterocycles. The lowest BCUT2D eigenvalue weighted by molar-refractivity contribution is -0.111. The van der Waals surface area contributed by atoms with Crippen LogP contribution in [0.3, 0.4) is 0 Å². The summed E-state index contributed by atoms with van der Waals surface area (Å²) in [5.41, 5.74) is 0.561. The third kappa shape index (κ3) is 3.28. The molecule has 1 nitrogen and oxygen atoms in total. The Morgan fingerprint density at radius 3 is 2.71 bits per heavy atom. The van der Waals surface area contributed by atoms with E-state index in [1.807, 2.05) is 0 Å². The van der Waals surface area contributed by atoms with Crippen molar-refractivity contribution in [1.82, 2.24) is 0 Å². The number of hydrogen-bond donors (Lipinski definition) is 0. The number of alkyl halides is 1. The van der Waals surface area contributed by atoms with Crippen molar-refractivity contribution in [3.63, 3.8) is 0 Å². The second-order valence-electron chi connectivity index (χ2n) is 8.39. The summed E-state index contributed by atoms with van der Waals surface area (Å²) in [5, 5.41) is 0.375. The van der Waals surface area contributed by atoms with Crippen LogP contribution in [0.2, 0.25) is 0 Å². The molecular weight excluding hydrogens is 300 g/mol. The van der Waals surface area contributed by atoms with Gasteiger partial charge < -0.3 is 4.74 Å². The van der Waals surface area contributed by atoms with Crippen LogP contribution in [0.1, 0.15) is 59.3 Å². The Balaban J connectivity index is 1.71. The lowest BCUT2D eigenvalue weighted by Crippen LogP contribution is -2.48. The van der Waals surface area contributed by atoms with E-state index in [4.69, 9.17) is 16.3 Å². The summed E-state index contributed by atoms with van der Waals surface area (Å²) in [7, 11) is 0. The minimum atomic E-state index is 0.203. The zero-order valence-electron chi connectivity index (χ0n) is 13.9. The van der Waals surface area contributed by atoms with E-state index in [1.165, 1.54) is 50.0 Å². The fraction of sp³-hybridized carbons (Fsp3) is 1.00. The molecule has 2 heterocycles. The minimum Gasteiger partial charge on any atom is -0.374 e. The zero-order valence-corrected chi connectivity index (χ0v) is 15.4. The lowest BCUT2D eigenvalue weighted by atomic mass is 9.59. The van der Waals surface area contributed by atoms with Crippen LogP contribution in [-0.4, -0.2) is 29.1 Å². The molecule has 0 N–H and O–H groups in total. The van der Waals surface area contributed by atoms with Gasteiger partial charge in [-0.3, -0.25) is 0 Å². The molecule has 0 aromatic carbocycles. The Morgan fingerprint density at radius 1 is 1.24 bits per heavy atom. The predicted molar refractivity (Wildman–Crippen MR) is 93.3 cm³/mol. The van der Waals surface area contributed by atoms with Crippen LogP contribution in [0, 0.1) is 23.2 Å². The van der Waals surface area contributed by atoms with Gasteiger partial charge >= 0.3 is 0 Å². The number of thioether (sulfide) groups is 1. The van der Waals surface area contributed by atoms with E-state index < -0.39 is 0 Å². The van der Waals surface area contributed by atoms with Gasteiger partial charge in [0.2, 0.25) is 0 Å². The first kappa shape index (κ1) is 16.5. The first-order valence-corrected chi connectivity index (χ1v) is 10.4. The minimum absolute atomic E-state index is 0.203. The van der Waals surface area contributed by atoms with Gasteiger partial charge in [-0.05, 0) is 61.0 Å². The summed E-state index contributed by atoms with van der Waals surface area (Å²) in [6, 6.07) is 0. The second kappa shape index (κ2) is 6.24. The predicted octanol–water partition coefficient (Wildman–Crippen LogP) is 5.36. The van der Waals surface area contributed by atoms with Gasteiger partial charge in [0.1, 0.15) is 0 Å². The highest BCUT2D eigenvalue weighted by molar-refractivity contribution is 7.99. The molecular formula is C18H31ClOS. The maximum atomic E-state index is 6.80. The van der Waals surface area contributed by atoms with E-state index in [9.17, 15) is 0 Å². The molecule has 3 heteroatoms. The molecule has 1 spiro atoms. The van der Waals surface area contributed by atoms with Gasteiger partial charge in [0.25, 0.3) is 0 Å². The van der Waals surface area contributed by atoms with E-state index in [1.54, 1.807) is 0 Å². The molecule has 1 saturated carbocycles. The van der Waals surface area contributed by atoms with Crippen LogP contribution >= 0.6 is 23.4 Å². The highest BCUT2D eigenvalue weighted by Crippen LogP contribution is 2.52. The van der Waals surface area contributed by atoms with Crippen LogP contribution in [-0.2, 0) is 4.74 Å². The van der Waals surface area contributed by atoms with Crippen LogP contribution in [0.5, 0.6) is 0 Å². The summed E-state index contributed by atoms with van der Waals surface area (Å²) in [6.07, 6.45) is 7.65. The van der Waals surface area contributed by atoms with Crippen molar-refractivity contribution in [2.24, 2.45) is 23.2 Å². The number of rotatable bonds is 2. The van der Waals surface area contributed by atoms with E-state index in [0.29, 0.717) is 16.7 Å². The molecule has 5 unspecified atom stereocenters. The Kier molecular flexibility index (Phi) is 4.89. The fourth-order valence-electron chi connectivity index (χ4n) is 4.98. The molecule has 21 heavy (non-hydrogen) atoms. The highest BCUT2D eigenvalue weighted by atomic mass is 35.5. The maximum Gasteiger partial charge on any atom is 0.0783 e. The molecule has 0 aromatic rings. The molecule has 0 amide bonds. The largest absolute Gasteiger partial charge is 0.374 e. The quantitative estimate of drug-likeness (QED) is 0.630. The van der Waals surface area contributed by atoms with Crippen molar-refractivity contribution in [2.45, 2.75) is 70.3 Å². The van der Waals surface area contributed by atoms with Gasteiger partial charge in [-0.25, -0.2) is 0 Å². The number of halogens is 1. The molecule has 2 aliphatic heterocycles. The maximum absolute atomic E-state index is 6.80. The van der Waals surface area contributed by atoms with Gasteiger partial charge in [0.15, 0.2) is 0 Å². The summed E-state index contributed by atoms with van der Waals surface area (Å²) in [6.45, 7) is 8.31. The standard InChI is InChI=1S/C18H31ClOS/c1-13-4-5-15(16(19)10-13)17(2,3)14-6-8-20-18(11-14)7-9-21-12-18/h13-16H,4-12H2,1-3H3. The van der Waals surface area contributed by atoms with Crippen LogP contribution in [0.25, 0.3) is 0 Å². The van der Waals surface area contributed by atoms with Gasteiger partial charge in [-0.15, -0.1) is 11.6 Å². The molecule has 3 fully saturated rings. The van der Waals surface area contributed by atoms with E-state index in [-0.39, 0.29) is 5.60 Å². The highest BCUT2D eigenvalue weighted by Gasteiger charge is 2.48. The summed E-state index contributed by atoms with van der Waals surface area (Å²) in [4.78, 5) is 0. The summed E-state index contributed by atoms with van der Waals surface area (Å²) >= 11 is 8.87. The SMILES string of the molecule is CC1CCC(C(C)(C)C2CCOC3(CCSC3)C2)C(Cl)C1. The molecule has 0 radical (unpaired) electrons. The average Bonchev–Trinajstić information content (AvgIpc) is 2.86. The van der Waals surface area contributed by atoms with Crippen LogP contribution in [0.4, 0.5) is 0 Å². The normalized spacial score (nSPS) is 45.1. The second-order valence-corrected chi connectivity index (χ2v) is 10.1. The molecule has 2 saturated heterocycles. The van der Waals surface area contributed by atoms with Crippen molar-refractivity contribution in [1.29, 1.82) is 0 Å². The van der Waals surface area contributed by atoms with E-state index >= 15 is 0 Å². The third-order valence-electron chi connectivity index (χ3n) is 6.60. The first-order valence-electron chi connectivity index (χ1n) is 8.79. The third-order valence-corrected chi connectivity index (χ3v) is 8.31. The molecule has 0 bridgehead atoms. The first-order chi connectivity index (χ1) is 9.93. The lowest BCUT2D eigenvalue weighted by Gasteiger charge is -2.50. The molecule has 3 aliphatic rings. The van der Waals surface area contributed by atoms with Crippen LogP contribution in [0.15, 0.2) is 0 Å². The number of ether oxygens (including phenoxy) is 1. The summed E-state index contributed by atoms with van der Waals surface area (Å²) in [5.74, 6) is 4.78. The zero-order chi connectivity index (χ0) is 15.1. The van der Waals surface area contributed by atoms with Crippen molar-refractivity contribution in [3.8, 4) is 0 Å². The van der Waals surface area contributed by atoms with Crippen LogP contribution < -0.4 is 0 Å². The monoisotopic (exact) mass is 330 g/mol. The molecule has 5 atom stereocenters. The number of hydrogen-bond acceptors (Lipinski definition) is 2. The topological polar surface area (TPSA) is 9.23 Å². The molecule has 1 aliphatic carbocycles. The van der Waals surface area contributed by atoms with E-state index in [2.05, 4.69) is 32.5 Å². The Bertz CT molecular complexity index is 364. The van der Waals surface area contributed by atoms with Crippen molar-refractivity contribution in [2.75, 3.05) is 18.1 Å². The Labute approximate surface area is 139 Å². The molecule has 3 rings (SSSR count). The fourth-order valence-corrected chi connectivity index (χ4v) is 7.11. The van der Waals surface area contributed by atoms with Gasteiger partial charge in [-0.2, -0.15) is 11.8 Å². The Hall–Kier alpha value is 0.600. The van der Waals surface area contributed by atoms with Gasteiger partial charge in [0, 0.05) is 17.7 Å². The van der Waals surface area contributed by atoms with E-state index in [0.717, 1.165) is 18.4 Å². The Morgan fingerprint density at radius 2 is 2.05 bits per heavy atom. The van der Waals surface area contributed by atoms with Crippen molar-refractivity contribution < 1.29 is 4.74 Å². The smallest absolute Gasteiger partial charge is 0.0783 e. The summed E-state index contributed by atoms with van der Waals surface area (Å²) < 4.78 is 6.23. The van der Waals surface area contributed by atoms with Crippen molar-refractivity contribution >= 4 is 23.4 Å². The van der Waals surface area contributed by atoms with Gasteiger partial charge in [0.05, 0.1) is 5.60 Å². The average molecular weight is 331 g/mol. The van der Waals surface area contributed by atoms with Crippen molar-refractivity contribution in [3.05, 3.63) is 0 Å².